The van der Waals surface area contributed by atoms with Gasteiger partial charge in [-0.25, -0.2) is 4.79 Å². The zero-order valence-corrected chi connectivity index (χ0v) is 16.2. The van der Waals surface area contributed by atoms with Crippen LogP contribution < -0.4 is 5.32 Å². The molecule has 142 valence electrons. The largest absolute Gasteiger partial charge is 0.340 e. The molecule has 0 spiro atoms. The van der Waals surface area contributed by atoms with E-state index in [0.29, 0.717) is 30.3 Å². The normalized spacial score (nSPS) is 29.2. The van der Waals surface area contributed by atoms with Gasteiger partial charge in [0.25, 0.3) is 0 Å². The SMILES string of the molecule is CC(C)(C)[C@@H]1CCCC[C@@H]1NC(=O)N1CCC(N2CCCC2=O)CC1. The number of hydrogen-bond donors (Lipinski definition) is 1. The van der Waals surface area contributed by atoms with Crippen LogP contribution in [0, 0.1) is 11.3 Å². The number of urea groups is 1. The van der Waals surface area contributed by atoms with Crippen LogP contribution in [0.1, 0.15) is 72.1 Å². The lowest BCUT2D eigenvalue weighted by Gasteiger charge is -2.42. The van der Waals surface area contributed by atoms with Gasteiger partial charge in [0, 0.05) is 38.1 Å². The molecule has 25 heavy (non-hydrogen) atoms. The van der Waals surface area contributed by atoms with E-state index in [1.165, 1.54) is 19.3 Å². The van der Waals surface area contributed by atoms with E-state index in [4.69, 9.17) is 0 Å². The molecule has 2 saturated heterocycles. The highest BCUT2D eigenvalue weighted by atomic mass is 16.2. The fraction of sp³-hybridized carbons (Fsp3) is 0.900. The van der Waals surface area contributed by atoms with Gasteiger partial charge in [-0.1, -0.05) is 33.6 Å². The minimum Gasteiger partial charge on any atom is -0.340 e. The highest BCUT2D eigenvalue weighted by Gasteiger charge is 2.37. The summed E-state index contributed by atoms with van der Waals surface area (Å²) >= 11 is 0. The van der Waals surface area contributed by atoms with E-state index in [1.54, 1.807) is 0 Å². The molecule has 5 nitrogen and oxygen atoms in total. The van der Waals surface area contributed by atoms with Gasteiger partial charge < -0.3 is 15.1 Å². The van der Waals surface area contributed by atoms with Crippen LogP contribution in [0.25, 0.3) is 0 Å². The van der Waals surface area contributed by atoms with Crippen LogP contribution in [0.4, 0.5) is 4.79 Å². The lowest BCUT2D eigenvalue weighted by Crippen LogP contribution is -2.54. The highest BCUT2D eigenvalue weighted by molar-refractivity contribution is 5.78. The van der Waals surface area contributed by atoms with Crippen LogP contribution >= 0.6 is 0 Å². The molecule has 0 bridgehead atoms. The Morgan fingerprint density at radius 2 is 1.68 bits per heavy atom. The molecule has 2 heterocycles. The summed E-state index contributed by atoms with van der Waals surface area (Å²) in [5.74, 6) is 0.864. The zero-order chi connectivity index (χ0) is 18.0. The van der Waals surface area contributed by atoms with Gasteiger partial charge in [-0.3, -0.25) is 4.79 Å². The van der Waals surface area contributed by atoms with Crippen molar-refractivity contribution in [1.82, 2.24) is 15.1 Å². The summed E-state index contributed by atoms with van der Waals surface area (Å²) in [5.41, 5.74) is 0.238. The van der Waals surface area contributed by atoms with Crippen molar-refractivity contribution in [3.05, 3.63) is 0 Å². The summed E-state index contributed by atoms with van der Waals surface area (Å²) in [4.78, 5) is 28.7. The van der Waals surface area contributed by atoms with Crippen molar-refractivity contribution in [3.63, 3.8) is 0 Å². The molecule has 1 N–H and O–H groups in total. The van der Waals surface area contributed by atoms with Gasteiger partial charge in [-0.05, 0) is 43.4 Å². The first-order chi connectivity index (χ1) is 11.9. The number of nitrogens with zero attached hydrogens (tertiary/aromatic N) is 2. The lowest BCUT2D eigenvalue weighted by molar-refractivity contribution is -0.130. The van der Waals surface area contributed by atoms with E-state index >= 15 is 0 Å². The molecule has 3 fully saturated rings. The van der Waals surface area contributed by atoms with Gasteiger partial charge in [0.15, 0.2) is 0 Å². The van der Waals surface area contributed by atoms with Gasteiger partial charge in [-0.2, -0.15) is 0 Å². The monoisotopic (exact) mass is 349 g/mol. The molecule has 3 aliphatic rings. The topological polar surface area (TPSA) is 52.7 Å². The molecule has 3 rings (SSSR count). The summed E-state index contributed by atoms with van der Waals surface area (Å²) < 4.78 is 0. The van der Waals surface area contributed by atoms with Crippen molar-refractivity contribution < 1.29 is 9.59 Å². The number of rotatable bonds is 2. The summed E-state index contributed by atoms with van der Waals surface area (Å²) in [6.07, 6.45) is 8.37. The van der Waals surface area contributed by atoms with Crippen LogP contribution in [-0.2, 0) is 4.79 Å². The predicted molar refractivity (Wildman–Crippen MR) is 99.3 cm³/mol. The third-order valence-electron chi connectivity index (χ3n) is 6.49. The van der Waals surface area contributed by atoms with Gasteiger partial charge in [0.2, 0.25) is 5.91 Å². The number of nitrogens with one attached hydrogen (secondary N) is 1. The molecule has 0 radical (unpaired) electrons. The second kappa shape index (κ2) is 7.55. The average Bonchev–Trinajstić information content (AvgIpc) is 3.00. The molecular formula is C20H35N3O2. The molecule has 0 aromatic carbocycles. The van der Waals surface area contributed by atoms with E-state index in [0.717, 1.165) is 45.3 Å². The number of hydrogen-bond acceptors (Lipinski definition) is 2. The first kappa shape index (κ1) is 18.5. The van der Waals surface area contributed by atoms with Gasteiger partial charge in [0.05, 0.1) is 0 Å². The van der Waals surface area contributed by atoms with E-state index in [9.17, 15) is 9.59 Å². The molecule has 2 aliphatic heterocycles. The second-order valence-corrected chi connectivity index (χ2v) is 9.22. The van der Waals surface area contributed by atoms with Crippen LogP contribution in [-0.4, -0.2) is 53.5 Å². The third-order valence-corrected chi connectivity index (χ3v) is 6.49. The Labute approximate surface area is 152 Å². The van der Waals surface area contributed by atoms with E-state index in [-0.39, 0.29) is 11.4 Å². The smallest absolute Gasteiger partial charge is 0.317 e. The van der Waals surface area contributed by atoms with Crippen LogP contribution in [0.3, 0.4) is 0 Å². The molecule has 0 aromatic rings. The summed E-state index contributed by atoms with van der Waals surface area (Å²) in [6, 6.07) is 0.752. The number of carbonyl (C=O) groups is 2. The summed E-state index contributed by atoms with van der Waals surface area (Å²) in [7, 11) is 0. The van der Waals surface area contributed by atoms with Gasteiger partial charge >= 0.3 is 6.03 Å². The maximum atomic E-state index is 12.8. The van der Waals surface area contributed by atoms with Gasteiger partial charge in [0.1, 0.15) is 0 Å². The quantitative estimate of drug-likeness (QED) is 0.831. The Morgan fingerprint density at radius 3 is 2.28 bits per heavy atom. The van der Waals surface area contributed by atoms with Crippen molar-refractivity contribution in [2.45, 2.75) is 84.2 Å². The van der Waals surface area contributed by atoms with E-state index in [2.05, 4.69) is 26.1 Å². The van der Waals surface area contributed by atoms with Crippen molar-refractivity contribution in [3.8, 4) is 0 Å². The average molecular weight is 350 g/mol. The number of piperidine rings is 1. The Balaban J connectivity index is 1.51. The first-order valence-corrected chi connectivity index (χ1v) is 10.2. The van der Waals surface area contributed by atoms with E-state index in [1.807, 2.05) is 9.80 Å². The molecule has 1 aliphatic carbocycles. The maximum Gasteiger partial charge on any atom is 0.317 e. The Kier molecular flexibility index (Phi) is 5.59. The molecule has 1 saturated carbocycles. The molecule has 3 amide bonds. The van der Waals surface area contributed by atoms with Crippen molar-refractivity contribution in [2.24, 2.45) is 11.3 Å². The van der Waals surface area contributed by atoms with Gasteiger partial charge in [-0.15, -0.1) is 0 Å². The van der Waals surface area contributed by atoms with Crippen molar-refractivity contribution in [2.75, 3.05) is 19.6 Å². The summed E-state index contributed by atoms with van der Waals surface area (Å²) in [6.45, 7) is 9.33. The third kappa shape index (κ3) is 4.29. The molecule has 0 aromatic heterocycles. The highest BCUT2D eigenvalue weighted by Crippen LogP contribution is 2.38. The van der Waals surface area contributed by atoms with Crippen LogP contribution in [0.2, 0.25) is 0 Å². The fourth-order valence-electron chi connectivity index (χ4n) is 5.03. The predicted octanol–water partition coefficient (Wildman–Crippen LogP) is 3.39. The first-order valence-electron chi connectivity index (χ1n) is 10.2. The molecule has 2 atom stereocenters. The zero-order valence-electron chi connectivity index (χ0n) is 16.2. The van der Waals surface area contributed by atoms with Crippen molar-refractivity contribution >= 4 is 11.9 Å². The Hall–Kier alpha value is -1.26. The maximum absolute atomic E-state index is 12.8. The van der Waals surface area contributed by atoms with Crippen LogP contribution in [0.5, 0.6) is 0 Å². The number of carbonyl (C=O) groups excluding carboxylic acids is 2. The Bertz CT molecular complexity index is 492. The Morgan fingerprint density at radius 1 is 1.00 bits per heavy atom. The molecular weight excluding hydrogens is 314 g/mol. The lowest BCUT2D eigenvalue weighted by atomic mass is 9.69. The summed E-state index contributed by atoms with van der Waals surface area (Å²) in [5, 5.41) is 3.34. The minimum atomic E-state index is 0.104. The second-order valence-electron chi connectivity index (χ2n) is 9.22. The molecule has 0 unspecified atom stereocenters. The van der Waals surface area contributed by atoms with Crippen molar-refractivity contribution in [1.29, 1.82) is 0 Å². The minimum absolute atomic E-state index is 0.104. The fourth-order valence-corrected chi connectivity index (χ4v) is 5.03. The van der Waals surface area contributed by atoms with E-state index < -0.39 is 0 Å². The number of likely N-dealkylation sites (tertiary alicyclic amines) is 2. The molecule has 5 heteroatoms. The number of amides is 3. The standard InChI is InChI=1S/C20H35N3O2/c1-20(2,3)16-7-4-5-8-17(16)21-19(25)22-13-10-15(11-14-22)23-12-6-9-18(23)24/h15-17H,4-14H2,1-3H3,(H,21,25)/t16-,17+/m1/s1. The van der Waals surface area contributed by atoms with Crippen LogP contribution in [0.15, 0.2) is 0 Å².